The Morgan fingerprint density at radius 2 is 2.13 bits per heavy atom. The largest absolute Gasteiger partial charge is 0.497 e. The van der Waals surface area contributed by atoms with E-state index in [0.29, 0.717) is 11.4 Å². The molecular formula is C17H23NO5. The summed E-state index contributed by atoms with van der Waals surface area (Å²) in [6, 6.07) is 5.27. The molecule has 1 aliphatic heterocycles. The molecule has 0 spiro atoms. The van der Waals surface area contributed by atoms with Crippen LogP contribution in [0.15, 0.2) is 18.2 Å². The smallest absolute Gasteiger partial charge is 0.346 e. The third-order valence-electron chi connectivity index (χ3n) is 4.19. The number of amides is 1. The maximum absolute atomic E-state index is 12.7. The Hall–Kier alpha value is -2.08. The number of carbonyl (C=O) groups is 2. The van der Waals surface area contributed by atoms with Gasteiger partial charge in [-0.3, -0.25) is 4.79 Å². The first-order valence-electron chi connectivity index (χ1n) is 7.78. The van der Waals surface area contributed by atoms with Gasteiger partial charge in [0.1, 0.15) is 5.75 Å². The minimum absolute atomic E-state index is 0.0248. The zero-order chi connectivity index (χ0) is 17.0. The number of benzene rings is 1. The van der Waals surface area contributed by atoms with Crippen LogP contribution in [0, 0.1) is 0 Å². The van der Waals surface area contributed by atoms with Crippen molar-refractivity contribution in [3.63, 3.8) is 0 Å². The Morgan fingerprint density at radius 3 is 2.74 bits per heavy atom. The average molecular weight is 321 g/mol. The summed E-state index contributed by atoms with van der Waals surface area (Å²) in [6.07, 6.45) is 2.70. The summed E-state index contributed by atoms with van der Waals surface area (Å²) in [5.74, 6) is -1.18. The lowest BCUT2D eigenvalue weighted by atomic mass is 9.87. The van der Waals surface area contributed by atoms with Crippen LogP contribution in [0.2, 0.25) is 0 Å². The summed E-state index contributed by atoms with van der Waals surface area (Å²) in [6.45, 7) is 2.31. The SMILES string of the molecule is CCCCCOC1(C(=O)O)Cc2ccc(OC)cc2N(C)C1=O. The fraction of sp³-hybridized carbons (Fsp3) is 0.529. The number of fused-ring (bicyclic) bond motifs is 1. The number of aliphatic carboxylic acids is 1. The lowest BCUT2D eigenvalue weighted by Crippen LogP contribution is -2.59. The van der Waals surface area contributed by atoms with Crippen LogP contribution in [0.3, 0.4) is 0 Å². The molecule has 1 amide bonds. The predicted octanol–water partition coefficient (Wildman–Crippen LogP) is 2.24. The fourth-order valence-corrected chi connectivity index (χ4v) is 2.80. The van der Waals surface area contributed by atoms with E-state index in [1.807, 2.05) is 0 Å². The third kappa shape index (κ3) is 3.17. The molecule has 0 saturated heterocycles. The summed E-state index contributed by atoms with van der Waals surface area (Å²) in [4.78, 5) is 25.9. The molecule has 0 aromatic heterocycles. The number of unbranched alkanes of at least 4 members (excludes halogenated alkanes) is 2. The van der Waals surface area contributed by atoms with Gasteiger partial charge in [-0.2, -0.15) is 0 Å². The van der Waals surface area contributed by atoms with Gasteiger partial charge in [-0.1, -0.05) is 25.8 Å². The number of carboxylic acid groups (broad SMARTS) is 1. The van der Waals surface area contributed by atoms with Gasteiger partial charge in [-0.05, 0) is 18.1 Å². The molecule has 1 aromatic rings. The molecule has 23 heavy (non-hydrogen) atoms. The molecule has 1 aromatic carbocycles. The van der Waals surface area contributed by atoms with E-state index in [0.717, 1.165) is 24.8 Å². The lowest BCUT2D eigenvalue weighted by Gasteiger charge is -2.38. The number of hydrogen-bond donors (Lipinski definition) is 1. The summed E-state index contributed by atoms with van der Waals surface area (Å²) < 4.78 is 10.8. The molecule has 126 valence electrons. The van der Waals surface area contributed by atoms with Gasteiger partial charge in [-0.15, -0.1) is 0 Å². The molecule has 0 radical (unpaired) electrons. The van der Waals surface area contributed by atoms with E-state index in [4.69, 9.17) is 9.47 Å². The number of nitrogens with zero attached hydrogens (tertiary/aromatic N) is 1. The second-order valence-corrected chi connectivity index (χ2v) is 5.72. The summed E-state index contributed by atoms with van der Waals surface area (Å²) in [5.41, 5.74) is -0.432. The van der Waals surface area contributed by atoms with E-state index in [9.17, 15) is 14.7 Å². The molecule has 2 rings (SSSR count). The van der Waals surface area contributed by atoms with Gasteiger partial charge in [0, 0.05) is 26.1 Å². The molecule has 1 atom stereocenters. The Morgan fingerprint density at radius 1 is 1.39 bits per heavy atom. The number of rotatable bonds is 7. The van der Waals surface area contributed by atoms with Gasteiger partial charge in [0.15, 0.2) is 0 Å². The molecule has 0 bridgehead atoms. The number of likely N-dealkylation sites (N-methyl/N-ethyl adjacent to an activating group) is 1. The van der Waals surface area contributed by atoms with Gasteiger partial charge in [0.25, 0.3) is 5.91 Å². The second kappa shape index (κ2) is 7.00. The van der Waals surface area contributed by atoms with E-state index in [1.165, 1.54) is 4.90 Å². The van der Waals surface area contributed by atoms with Crippen molar-refractivity contribution in [1.29, 1.82) is 0 Å². The molecule has 0 aliphatic carbocycles. The molecular weight excluding hydrogens is 298 g/mol. The number of anilines is 1. The first-order chi connectivity index (χ1) is 11.0. The number of hydrogen-bond acceptors (Lipinski definition) is 4. The highest BCUT2D eigenvalue weighted by Gasteiger charge is 2.52. The van der Waals surface area contributed by atoms with Crippen LogP contribution in [-0.2, 0) is 20.7 Å². The van der Waals surface area contributed by atoms with E-state index in [2.05, 4.69) is 6.92 Å². The summed E-state index contributed by atoms with van der Waals surface area (Å²) >= 11 is 0. The highest BCUT2D eigenvalue weighted by atomic mass is 16.5. The van der Waals surface area contributed by atoms with E-state index in [-0.39, 0.29) is 13.0 Å². The number of carboxylic acids is 1. The van der Waals surface area contributed by atoms with Crippen LogP contribution < -0.4 is 9.64 Å². The average Bonchev–Trinajstić information content (AvgIpc) is 2.55. The van der Waals surface area contributed by atoms with Crippen LogP contribution in [0.25, 0.3) is 0 Å². The Labute approximate surface area is 136 Å². The van der Waals surface area contributed by atoms with E-state index >= 15 is 0 Å². The van der Waals surface area contributed by atoms with Gasteiger partial charge >= 0.3 is 5.97 Å². The van der Waals surface area contributed by atoms with Gasteiger partial charge < -0.3 is 19.5 Å². The van der Waals surface area contributed by atoms with Crippen molar-refractivity contribution >= 4 is 17.6 Å². The monoisotopic (exact) mass is 321 g/mol. The minimum Gasteiger partial charge on any atom is -0.497 e. The molecule has 1 unspecified atom stereocenters. The molecule has 6 heteroatoms. The molecule has 1 N–H and O–H groups in total. The summed E-state index contributed by atoms with van der Waals surface area (Å²) in [5, 5.41) is 9.66. The predicted molar refractivity (Wildman–Crippen MR) is 86.0 cm³/mol. The molecule has 0 fully saturated rings. The van der Waals surface area contributed by atoms with Crippen LogP contribution in [0.5, 0.6) is 5.75 Å². The number of ether oxygens (including phenoxy) is 2. The van der Waals surface area contributed by atoms with Crippen molar-refractivity contribution < 1.29 is 24.2 Å². The topological polar surface area (TPSA) is 76.1 Å². The Bertz CT molecular complexity index is 601. The van der Waals surface area contributed by atoms with Crippen LogP contribution in [0.1, 0.15) is 31.7 Å². The second-order valence-electron chi connectivity index (χ2n) is 5.72. The van der Waals surface area contributed by atoms with Crippen molar-refractivity contribution in [2.24, 2.45) is 0 Å². The lowest BCUT2D eigenvalue weighted by molar-refractivity contribution is -0.173. The van der Waals surface area contributed by atoms with Gasteiger partial charge in [-0.25, -0.2) is 4.79 Å². The van der Waals surface area contributed by atoms with Crippen LogP contribution in [-0.4, -0.2) is 43.3 Å². The first-order valence-corrected chi connectivity index (χ1v) is 7.78. The van der Waals surface area contributed by atoms with Crippen molar-refractivity contribution in [2.75, 3.05) is 25.7 Å². The number of methoxy groups -OCH3 is 1. The van der Waals surface area contributed by atoms with Crippen LogP contribution >= 0.6 is 0 Å². The molecule has 0 saturated carbocycles. The highest BCUT2D eigenvalue weighted by Crippen LogP contribution is 2.36. The van der Waals surface area contributed by atoms with E-state index in [1.54, 1.807) is 32.4 Å². The maximum atomic E-state index is 12.7. The summed E-state index contributed by atoms with van der Waals surface area (Å²) in [7, 11) is 3.11. The van der Waals surface area contributed by atoms with Gasteiger partial charge in [0.2, 0.25) is 5.60 Å². The fourth-order valence-electron chi connectivity index (χ4n) is 2.80. The quantitative estimate of drug-likeness (QED) is 0.616. The molecule has 1 heterocycles. The Balaban J connectivity index is 2.33. The maximum Gasteiger partial charge on any atom is 0.346 e. The highest BCUT2D eigenvalue weighted by molar-refractivity contribution is 6.14. The van der Waals surface area contributed by atoms with Gasteiger partial charge in [0.05, 0.1) is 12.8 Å². The normalized spacial score (nSPS) is 20.3. The first kappa shape index (κ1) is 17.3. The Kier molecular flexibility index (Phi) is 5.26. The van der Waals surface area contributed by atoms with E-state index < -0.39 is 17.5 Å². The van der Waals surface area contributed by atoms with Crippen molar-refractivity contribution in [2.45, 2.75) is 38.2 Å². The van der Waals surface area contributed by atoms with Crippen LogP contribution in [0.4, 0.5) is 5.69 Å². The number of carbonyl (C=O) groups excluding carboxylic acids is 1. The van der Waals surface area contributed by atoms with Crippen molar-refractivity contribution in [3.8, 4) is 5.75 Å². The molecule has 1 aliphatic rings. The zero-order valence-corrected chi connectivity index (χ0v) is 13.8. The third-order valence-corrected chi connectivity index (χ3v) is 4.19. The van der Waals surface area contributed by atoms with Crippen molar-refractivity contribution in [1.82, 2.24) is 0 Å². The minimum atomic E-state index is -1.84. The standard InChI is InChI=1S/C17H23NO5/c1-4-5-6-9-23-17(16(20)21)11-12-7-8-13(22-3)10-14(12)18(2)15(17)19/h7-8,10H,4-6,9,11H2,1-3H3,(H,20,21). The van der Waals surface area contributed by atoms with Crippen molar-refractivity contribution in [3.05, 3.63) is 23.8 Å². The zero-order valence-electron chi connectivity index (χ0n) is 13.8. The molecule has 6 nitrogen and oxygen atoms in total.